The number of nitrogens with zero attached hydrogens (tertiary/aromatic N) is 2. The zero-order chi connectivity index (χ0) is 14.5. The molecule has 20 heavy (non-hydrogen) atoms. The average molecular weight is 310 g/mol. The lowest BCUT2D eigenvalue weighted by molar-refractivity contribution is -0.114. The van der Waals surface area contributed by atoms with E-state index in [-0.39, 0.29) is 5.91 Å². The van der Waals surface area contributed by atoms with Crippen LogP contribution in [0.4, 0.5) is 11.6 Å². The minimum atomic E-state index is -0.108. The molecule has 0 aliphatic carbocycles. The van der Waals surface area contributed by atoms with Crippen molar-refractivity contribution in [3.63, 3.8) is 0 Å². The Labute approximate surface area is 125 Å². The summed E-state index contributed by atoms with van der Waals surface area (Å²) in [7, 11) is 0. The quantitative estimate of drug-likeness (QED) is 0.456. The molecule has 0 unspecified atom stereocenters. The van der Waals surface area contributed by atoms with Gasteiger partial charge < -0.3 is 5.32 Å². The van der Waals surface area contributed by atoms with Crippen molar-refractivity contribution in [2.24, 2.45) is 5.84 Å². The molecule has 4 N–H and O–H groups in total. The summed E-state index contributed by atoms with van der Waals surface area (Å²) >= 11 is 7.41. The van der Waals surface area contributed by atoms with Crippen molar-refractivity contribution in [2.75, 3.05) is 10.7 Å². The van der Waals surface area contributed by atoms with Crippen LogP contribution < -0.4 is 16.6 Å². The van der Waals surface area contributed by atoms with E-state index in [1.165, 1.54) is 24.9 Å². The van der Waals surface area contributed by atoms with E-state index >= 15 is 0 Å². The number of rotatable bonds is 4. The third kappa shape index (κ3) is 3.83. The Kier molecular flexibility index (Phi) is 4.78. The maximum atomic E-state index is 10.9. The molecule has 0 bridgehead atoms. The van der Waals surface area contributed by atoms with Crippen LogP contribution in [0.15, 0.2) is 40.4 Å². The van der Waals surface area contributed by atoms with Crippen molar-refractivity contribution in [2.45, 2.75) is 16.8 Å². The Bertz CT molecular complexity index is 620. The summed E-state index contributed by atoms with van der Waals surface area (Å²) in [6.45, 7) is 1.46. The Morgan fingerprint density at radius 1 is 1.35 bits per heavy atom. The van der Waals surface area contributed by atoms with E-state index in [0.717, 1.165) is 10.6 Å². The molecule has 8 heteroatoms. The maximum Gasteiger partial charge on any atom is 0.238 e. The van der Waals surface area contributed by atoms with Gasteiger partial charge in [-0.3, -0.25) is 10.2 Å². The van der Waals surface area contributed by atoms with E-state index in [4.69, 9.17) is 17.4 Å². The standard InChI is InChI=1S/C12H12ClN5OS/c1-7(19)16-8-2-4-9(5-3-8)20-11-10(13)6-15-12(17-11)18-14/h2-6H,14H2,1H3,(H,16,19)(H,15,17,18). The molecule has 1 heterocycles. The number of nitrogens with one attached hydrogen (secondary N) is 2. The van der Waals surface area contributed by atoms with Crippen LogP contribution in [0.1, 0.15) is 6.92 Å². The zero-order valence-electron chi connectivity index (χ0n) is 10.6. The first-order valence-electron chi connectivity index (χ1n) is 5.63. The normalized spacial score (nSPS) is 10.2. The number of carbonyl (C=O) groups is 1. The summed E-state index contributed by atoms with van der Waals surface area (Å²) in [5.74, 6) is 5.45. The van der Waals surface area contributed by atoms with E-state index in [1.807, 2.05) is 12.1 Å². The number of halogens is 1. The van der Waals surface area contributed by atoms with Crippen LogP contribution >= 0.6 is 23.4 Å². The van der Waals surface area contributed by atoms with Crippen LogP contribution in [-0.4, -0.2) is 15.9 Å². The van der Waals surface area contributed by atoms with Crippen LogP contribution in [0.5, 0.6) is 0 Å². The third-order valence-electron chi connectivity index (χ3n) is 2.23. The number of benzene rings is 1. The Morgan fingerprint density at radius 2 is 2.05 bits per heavy atom. The summed E-state index contributed by atoms with van der Waals surface area (Å²) in [6, 6.07) is 7.34. The number of carbonyl (C=O) groups excluding carboxylic acids is 1. The van der Waals surface area contributed by atoms with Crippen LogP contribution in [-0.2, 0) is 4.79 Å². The fourth-order valence-corrected chi connectivity index (χ4v) is 2.40. The zero-order valence-corrected chi connectivity index (χ0v) is 12.1. The van der Waals surface area contributed by atoms with E-state index in [1.54, 1.807) is 12.1 Å². The third-order valence-corrected chi connectivity index (χ3v) is 3.63. The molecule has 6 nitrogen and oxygen atoms in total. The van der Waals surface area contributed by atoms with Crippen LogP contribution in [0.25, 0.3) is 0 Å². The van der Waals surface area contributed by atoms with Gasteiger partial charge >= 0.3 is 0 Å². The highest BCUT2D eigenvalue weighted by molar-refractivity contribution is 7.99. The lowest BCUT2D eigenvalue weighted by Crippen LogP contribution is -2.10. The fourth-order valence-electron chi connectivity index (χ4n) is 1.41. The number of hydrogen-bond donors (Lipinski definition) is 3. The van der Waals surface area contributed by atoms with Gasteiger partial charge in [-0.15, -0.1) is 0 Å². The van der Waals surface area contributed by atoms with E-state index in [0.29, 0.717) is 16.0 Å². The molecule has 0 radical (unpaired) electrons. The Balaban J connectivity index is 2.15. The van der Waals surface area contributed by atoms with Gasteiger partial charge in [0.2, 0.25) is 11.9 Å². The van der Waals surface area contributed by atoms with Crippen molar-refractivity contribution in [3.8, 4) is 0 Å². The minimum absolute atomic E-state index is 0.108. The predicted molar refractivity (Wildman–Crippen MR) is 79.7 cm³/mol. The summed E-state index contributed by atoms with van der Waals surface area (Å²) in [6.07, 6.45) is 1.48. The molecule has 1 aromatic carbocycles. The largest absolute Gasteiger partial charge is 0.326 e. The summed E-state index contributed by atoms with van der Waals surface area (Å²) < 4.78 is 0. The van der Waals surface area contributed by atoms with Gasteiger partial charge in [0, 0.05) is 17.5 Å². The molecular formula is C12H12ClN5OS. The second-order valence-electron chi connectivity index (χ2n) is 3.80. The smallest absolute Gasteiger partial charge is 0.238 e. The highest BCUT2D eigenvalue weighted by atomic mass is 35.5. The number of nitrogens with two attached hydrogens (primary N) is 1. The van der Waals surface area contributed by atoms with Crippen molar-refractivity contribution in [3.05, 3.63) is 35.5 Å². The van der Waals surface area contributed by atoms with Gasteiger partial charge in [0.1, 0.15) is 5.03 Å². The SMILES string of the molecule is CC(=O)Nc1ccc(Sc2nc(NN)ncc2Cl)cc1. The van der Waals surface area contributed by atoms with Crippen molar-refractivity contribution < 1.29 is 4.79 Å². The maximum absolute atomic E-state index is 10.9. The number of hydrogen-bond acceptors (Lipinski definition) is 6. The molecule has 0 saturated carbocycles. The average Bonchev–Trinajstić information content (AvgIpc) is 2.43. The van der Waals surface area contributed by atoms with E-state index in [9.17, 15) is 4.79 Å². The predicted octanol–water partition coefficient (Wildman–Crippen LogP) is 2.53. The molecule has 1 amide bonds. The van der Waals surface area contributed by atoms with Crippen molar-refractivity contribution in [1.82, 2.24) is 9.97 Å². The molecule has 1 aromatic heterocycles. The van der Waals surface area contributed by atoms with Gasteiger partial charge in [-0.2, -0.15) is 0 Å². The molecule has 0 aliphatic rings. The summed E-state index contributed by atoms with van der Waals surface area (Å²) in [5.41, 5.74) is 3.11. The van der Waals surface area contributed by atoms with Crippen molar-refractivity contribution >= 4 is 40.9 Å². The van der Waals surface area contributed by atoms with Gasteiger partial charge in [0.25, 0.3) is 0 Å². The number of anilines is 2. The van der Waals surface area contributed by atoms with Crippen molar-refractivity contribution in [1.29, 1.82) is 0 Å². The molecule has 2 rings (SSSR count). The number of aromatic nitrogens is 2. The van der Waals surface area contributed by atoms with Crippen LogP contribution in [0.2, 0.25) is 5.02 Å². The van der Waals surface area contributed by atoms with E-state index < -0.39 is 0 Å². The highest BCUT2D eigenvalue weighted by Gasteiger charge is 2.07. The topological polar surface area (TPSA) is 92.9 Å². The lowest BCUT2D eigenvalue weighted by atomic mass is 10.3. The summed E-state index contributed by atoms with van der Waals surface area (Å²) in [4.78, 5) is 19.9. The number of hydrazine groups is 1. The molecule has 0 atom stereocenters. The molecule has 0 saturated heterocycles. The first-order chi connectivity index (χ1) is 9.58. The van der Waals surface area contributed by atoms with Gasteiger partial charge in [0.15, 0.2) is 0 Å². The van der Waals surface area contributed by atoms with Crippen LogP contribution in [0, 0.1) is 0 Å². The molecule has 104 valence electrons. The first kappa shape index (κ1) is 14.6. The Morgan fingerprint density at radius 3 is 2.65 bits per heavy atom. The van der Waals surface area contributed by atoms with Gasteiger partial charge in [-0.1, -0.05) is 23.4 Å². The lowest BCUT2D eigenvalue weighted by Gasteiger charge is -2.06. The summed E-state index contributed by atoms with van der Waals surface area (Å²) in [5, 5.41) is 3.74. The molecule has 2 aromatic rings. The monoisotopic (exact) mass is 309 g/mol. The molecular weight excluding hydrogens is 298 g/mol. The van der Waals surface area contributed by atoms with Gasteiger partial charge in [0.05, 0.1) is 11.2 Å². The molecule has 0 aliphatic heterocycles. The molecule has 0 spiro atoms. The Hall–Kier alpha value is -1.83. The number of nitrogen functional groups attached to an aromatic ring is 1. The second-order valence-corrected chi connectivity index (χ2v) is 5.27. The van der Waals surface area contributed by atoms with Crippen LogP contribution in [0.3, 0.4) is 0 Å². The van der Waals surface area contributed by atoms with E-state index in [2.05, 4.69) is 20.7 Å². The van der Waals surface area contributed by atoms with Gasteiger partial charge in [-0.25, -0.2) is 15.8 Å². The fraction of sp³-hybridized carbons (Fsp3) is 0.0833. The second kappa shape index (κ2) is 6.56. The first-order valence-corrected chi connectivity index (χ1v) is 6.82. The minimum Gasteiger partial charge on any atom is -0.326 e. The number of amides is 1. The molecule has 0 fully saturated rings. The highest BCUT2D eigenvalue weighted by Crippen LogP contribution is 2.32. The van der Waals surface area contributed by atoms with Gasteiger partial charge in [-0.05, 0) is 24.3 Å².